The van der Waals surface area contributed by atoms with Crippen molar-refractivity contribution in [1.29, 1.82) is 0 Å². The maximum atomic E-state index is 12.8. The monoisotopic (exact) mass is 351 g/mol. The van der Waals surface area contributed by atoms with E-state index in [1.807, 2.05) is 30.3 Å². The molecule has 0 aliphatic carbocycles. The third kappa shape index (κ3) is 4.25. The maximum absolute atomic E-state index is 12.8. The van der Waals surface area contributed by atoms with Crippen LogP contribution < -0.4 is 10.1 Å². The Kier molecular flexibility index (Phi) is 5.59. The highest BCUT2D eigenvalue weighted by molar-refractivity contribution is 6.00. The number of carbonyl (C=O) groups is 2. The van der Waals surface area contributed by atoms with Gasteiger partial charge in [0.05, 0.1) is 5.56 Å². The highest BCUT2D eigenvalue weighted by atomic mass is 19.1. The summed E-state index contributed by atoms with van der Waals surface area (Å²) in [5.41, 5.74) is 1.37. The van der Waals surface area contributed by atoms with E-state index in [4.69, 9.17) is 4.74 Å². The van der Waals surface area contributed by atoms with E-state index in [-0.39, 0.29) is 18.3 Å². The summed E-state index contributed by atoms with van der Waals surface area (Å²) in [6.45, 7) is 0.245. The first-order chi connectivity index (χ1) is 12.7. The third-order valence-electron chi connectivity index (χ3n) is 4.06. The molecular weight excluding hydrogens is 333 g/mol. The lowest BCUT2D eigenvalue weighted by molar-refractivity contribution is -0.123. The Morgan fingerprint density at radius 3 is 2.58 bits per heavy atom. The molecule has 0 spiro atoms. The Bertz CT molecular complexity index is 922. The second-order valence-electron chi connectivity index (χ2n) is 5.83. The number of carbonyl (C=O) groups excluding carboxylic acids is 2. The molecule has 1 N–H and O–H groups in total. The maximum Gasteiger partial charge on any atom is 0.257 e. The number of benzene rings is 3. The number of ether oxygens (including phenoxy) is 1. The first-order valence-electron chi connectivity index (χ1n) is 8.28. The van der Waals surface area contributed by atoms with E-state index < -0.39 is 0 Å². The van der Waals surface area contributed by atoms with Crippen molar-refractivity contribution >= 4 is 23.0 Å². The van der Waals surface area contributed by atoms with Gasteiger partial charge in [-0.2, -0.15) is 0 Å². The lowest BCUT2D eigenvalue weighted by Gasteiger charge is -2.11. The zero-order valence-corrected chi connectivity index (χ0v) is 14.1. The van der Waals surface area contributed by atoms with Crippen molar-refractivity contribution < 1.29 is 18.7 Å². The molecule has 0 heterocycles. The quantitative estimate of drug-likeness (QED) is 0.663. The van der Waals surface area contributed by atoms with E-state index >= 15 is 0 Å². The molecule has 26 heavy (non-hydrogen) atoms. The molecule has 0 radical (unpaired) electrons. The molecule has 0 atom stereocenters. The minimum atomic E-state index is -0.285. The molecule has 1 amide bonds. The summed E-state index contributed by atoms with van der Waals surface area (Å²) in [5, 5.41) is 4.47. The van der Waals surface area contributed by atoms with Crippen molar-refractivity contribution in [1.82, 2.24) is 5.32 Å². The van der Waals surface area contributed by atoms with Gasteiger partial charge in [-0.25, -0.2) is 4.39 Å². The first-order valence-corrected chi connectivity index (χ1v) is 8.28. The van der Waals surface area contributed by atoms with Crippen molar-refractivity contribution in [2.24, 2.45) is 0 Å². The van der Waals surface area contributed by atoms with Gasteiger partial charge in [-0.15, -0.1) is 0 Å². The Balaban J connectivity index is 1.55. The minimum Gasteiger partial charge on any atom is -0.483 e. The average molecular weight is 351 g/mol. The van der Waals surface area contributed by atoms with Crippen LogP contribution in [0.5, 0.6) is 5.75 Å². The molecular formula is C21H18FNO3. The van der Waals surface area contributed by atoms with Crippen LogP contribution in [0, 0.1) is 5.82 Å². The molecule has 132 valence electrons. The number of nitrogens with one attached hydrogen (secondary N) is 1. The Hall–Kier alpha value is -3.21. The van der Waals surface area contributed by atoms with Gasteiger partial charge in [0, 0.05) is 6.54 Å². The number of amides is 1. The number of hydrogen-bond acceptors (Lipinski definition) is 3. The molecule has 0 saturated carbocycles. The summed E-state index contributed by atoms with van der Waals surface area (Å²) in [6.07, 6.45) is 1.34. The Morgan fingerprint density at radius 2 is 1.81 bits per heavy atom. The zero-order chi connectivity index (χ0) is 18.4. The van der Waals surface area contributed by atoms with Crippen molar-refractivity contribution in [3.63, 3.8) is 0 Å². The van der Waals surface area contributed by atoms with Crippen molar-refractivity contribution in [2.75, 3.05) is 13.2 Å². The predicted octanol–water partition coefficient (Wildman–Crippen LogP) is 3.53. The standard InChI is InChI=1S/C21H18FNO3/c22-17-8-5-15(6-9-17)11-12-23-21(25)14-26-20-10-7-16-3-1-2-4-18(16)19(20)13-24/h1-10,13H,11-12,14H2,(H,23,25). The van der Waals surface area contributed by atoms with E-state index in [2.05, 4.69) is 5.32 Å². The van der Waals surface area contributed by atoms with Crippen LogP contribution >= 0.6 is 0 Å². The van der Waals surface area contributed by atoms with Gasteiger partial charge in [-0.05, 0) is 41.0 Å². The van der Waals surface area contributed by atoms with E-state index in [1.165, 1.54) is 12.1 Å². The largest absolute Gasteiger partial charge is 0.483 e. The molecule has 3 rings (SSSR count). The molecule has 4 nitrogen and oxygen atoms in total. The zero-order valence-electron chi connectivity index (χ0n) is 14.1. The number of rotatable bonds is 7. The molecule has 0 aliphatic heterocycles. The van der Waals surface area contributed by atoms with E-state index in [0.29, 0.717) is 24.3 Å². The molecule has 0 aromatic heterocycles. The normalized spacial score (nSPS) is 10.5. The van der Waals surface area contributed by atoms with Gasteiger partial charge in [0.15, 0.2) is 12.9 Å². The van der Waals surface area contributed by atoms with Crippen molar-refractivity contribution in [3.8, 4) is 5.75 Å². The Labute approximate surface area is 150 Å². The molecule has 3 aromatic carbocycles. The van der Waals surface area contributed by atoms with Crippen LogP contribution in [0.15, 0.2) is 60.7 Å². The summed E-state index contributed by atoms with van der Waals surface area (Å²) in [5.74, 6) is -0.183. The van der Waals surface area contributed by atoms with Crippen LogP contribution in [0.2, 0.25) is 0 Å². The van der Waals surface area contributed by atoms with E-state index in [0.717, 1.165) is 22.6 Å². The molecule has 0 saturated heterocycles. The molecule has 5 heteroatoms. The highest BCUT2D eigenvalue weighted by Gasteiger charge is 2.10. The lowest BCUT2D eigenvalue weighted by atomic mass is 10.0. The van der Waals surface area contributed by atoms with Crippen LogP contribution in [0.4, 0.5) is 4.39 Å². The van der Waals surface area contributed by atoms with Crippen LogP contribution in [-0.4, -0.2) is 25.3 Å². The summed E-state index contributed by atoms with van der Waals surface area (Å²) in [6, 6.07) is 17.2. The average Bonchev–Trinajstić information content (AvgIpc) is 2.67. The van der Waals surface area contributed by atoms with Crippen LogP contribution in [0.1, 0.15) is 15.9 Å². The summed E-state index contributed by atoms with van der Waals surface area (Å²) >= 11 is 0. The van der Waals surface area contributed by atoms with Crippen LogP contribution in [0.25, 0.3) is 10.8 Å². The van der Waals surface area contributed by atoms with Gasteiger partial charge in [0.2, 0.25) is 0 Å². The van der Waals surface area contributed by atoms with Gasteiger partial charge >= 0.3 is 0 Å². The van der Waals surface area contributed by atoms with E-state index in [1.54, 1.807) is 18.2 Å². The number of fused-ring (bicyclic) bond motifs is 1. The molecule has 0 aliphatic rings. The summed E-state index contributed by atoms with van der Waals surface area (Å²) in [4.78, 5) is 23.4. The van der Waals surface area contributed by atoms with Gasteiger partial charge in [0.25, 0.3) is 5.91 Å². The minimum absolute atomic E-state index is 0.178. The first kappa shape index (κ1) is 17.6. The lowest BCUT2D eigenvalue weighted by Crippen LogP contribution is -2.30. The fourth-order valence-electron chi connectivity index (χ4n) is 2.71. The van der Waals surface area contributed by atoms with Crippen LogP contribution in [-0.2, 0) is 11.2 Å². The fourth-order valence-corrected chi connectivity index (χ4v) is 2.71. The topological polar surface area (TPSA) is 55.4 Å². The number of halogens is 1. The van der Waals surface area contributed by atoms with Gasteiger partial charge in [-0.3, -0.25) is 9.59 Å². The van der Waals surface area contributed by atoms with Gasteiger partial charge in [0.1, 0.15) is 11.6 Å². The van der Waals surface area contributed by atoms with Crippen LogP contribution in [0.3, 0.4) is 0 Å². The molecule has 0 fully saturated rings. The SMILES string of the molecule is O=Cc1c(OCC(=O)NCCc2ccc(F)cc2)ccc2ccccc12. The molecule has 3 aromatic rings. The van der Waals surface area contributed by atoms with Crippen molar-refractivity contribution in [3.05, 3.63) is 77.6 Å². The second-order valence-corrected chi connectivity index (χ2v) is 5.83. The van der Waals surface area contributed by atoms with Gasteiger partial charge in [-0.1, -0.05) is 42.5 Å². The second kappa shape index (κ2) is 8.25. The summed E-state index contributed by atoms with van der Waals surface area (Å²) < 4.78 is 18.4. The highest BCUT2D eigenvalue weighted by Crippen LogP contribution is 2.26. The smallest absolute Gasteiger partial charge is 0.257 e. The molecule has 0 bridgehead atoms. The van der Waals surface area contributed by atoms with Gasteiger partial charge < -0.3 is 10.1 Å². The predicted molar refractivity (Wildman–Crippen MR) is 97.9 cm³/mol. The summed E-state index contributed by atoms with van der Waals surface area (Å²) in [7, 11) is 0. The van der Waals surface area contributed by atoms with E-state index in [9.17, 15) is 14.0 Å². The fraction of sp³-hybridized carbons (Fsp3) is 0.143. The number of aldehydes is 1. The Morgan fingerprint density at radius 1 is 1.04 bits per heavy atom. The third-order valence-corrected chi connectivity index (χ3v) is 4.06. The van der Waals surface area contributed by atoms with Crippen molar-refractivity contribution in [2.45, 2.75) is 6.42 Å². The molecule has 0 unspecified atom stereocenters. The number of hydrogen-bond donors (Lipinski definition) is 1.